The van der Waals surface area contributed by atoms with Crippen LogP contribution in [0.3, 0.4) is 0 Å². The molecule has 8 aromatic carbocycles. The molecule has 43 heavy (non-hydrogen) atoms. The molecule has 0 aliphatic rings. The second kappa shape index (κ2) is 9.66. The Kier molecular flexibility index (Phi) is 5.47. The highest BCUT2D eigenvalue weighted by Gasteiger charge is 2.17. The molecule has 0 bridgehead atoms. The fraction of sp³-hybridized carbons (Fsp3) is 0. The lowest BCUT2D eigenvalue weighted by molar-refractivity contribution is 1.64. The van der Waals surface area contributed by atoms with E-state index in [-0.39, 0.29) is 0 Å². The molecule has 0 fully saturated rings. The zero-order chi connectivity index (χ0) is 28.3. The Morgan fingerprint density at radius 3 is 1.51 bits per heavy atom. The predicted molar refractivity (Wildman–Crippen MR) is 188 cm³/mol. The first-order chi connectivity index (χ1) is 21.3. The van der Waals surface area contributed by atoms with Crippen LogP contribution in [0.4, 0.5) is 0 Å². The van der Waals surface area contributed by atoms with Crippen molar-refractivity contribution in [3.05, 3.63) is 158 Å². The first-order valence-electron chi connectivity index (χ1n) is 14.8. The third kappa shape index (κ3) is 3.75. The largest absolute Gasteiger partial charge is 0.135 e. The zero-order valence-electron chi connectivity index (χ0n) is 23.4. The van der Waals surface area contributed by atoms with Crippen molar-refractivity contribution in [3.8, 4) is 33.4 Å². The average Bonchev–Trinajstić information content (AvgIpc) is 3.47. The second-order valence-corrected chi connectivity index (χ2v) is 12.3. The van der Waals surface area contributed by atoms with Crippen LogP contribution in [0.15, 0.2) is 158 Å². The molecule has 0 spiro atoms. The standard InChI is InChI=1S/C42H26S/c1-2-12-29(13-3-1)39-33-15-6-8-17-35(33)40(36-18-9-7-16-34(36)39)30-23-21-28(22-24-30)31-19-10-20-38-41(31)37-26-25-27-11-4-5-14-32(27)42(37)43-38/h1-26H. The highest BCUT2D eigenvalue weighted by atomic mass is 32.1. The first-order valence-corrected chi connectivity index (χ1v) is 15.6. The van der Waals surface area contributed by atoms with Crippen LogP contribution < -0.4 is 0 Å². The molecule has 0 amide bonds. The van der Waals surface area contributed by atoms with E-state index in [1.54, 1.807) is 0 Å². The van der Waals surface area contributed by atoms with Crippen molar-refractivity contribution < 1.29 is 0 Å². The molecule has 0 saturated heterocycles. The molecule has 0 unspecified atom stereocenters. The van der Waals surface area contributed by atoms with Crippen molar-refractivity contribution in [2.45, 2.75) is 0 Å². The molecule has 0 radical (unpaired) electrons. The Morgan fingerprint density at radius 1 is 0.326 bits per heavy atom. The van der Waals surface area contributed by atoms with E-state index in [1.807, 2.05) is 11.3 Å². The van der Waals surface area contributed by atoms with Gasteiger partial charge in [0, 0.05) is 20.2 Å². The Morgan fingerprint density at radius 2 is 0.860 bits per heavy atom. The van der Waals surface area contributed by atoms with Gasteiger partial charge in [0.05, 0.1) is 0 Å². The Hall–Kier alpha value is -5.24. The minimum atomic E-state index is 1.24. The molecule has 1 heterocycles. The van der Waals surface area contributed by atoms with Crippen LogP contribution >= 0.6 is 11.3 Å². The van der Waals surface area contributed by atoms with Gasteiger partial charge in [-0.2, -0.15) is 0 Å². The van der Waals surface area contributed by atoms with E-state index < -0.39 is 0 Å². The second-order valence-electron chi connectivity index (χ2n) is 11.2. The quantitative estimate of drug-likeness (QED) is 0.188. The van der Waals surface area contributed by atoms with E-state index in [9.17, 15) is 0 Å². The summed E-state index contributed by atoms with van der Waals surface area (Å²) < 4.78 is 2.70. The molecule has 0 aliphatic heterocycles. The maximum absolute atomic E-state index is 2.31. The van der Waals surface area contributed by atoms with Gasteiger partial charge in [-0.25, -0.2) is 0 Å². The summed E-state index contributed by atoms with van der Waals surface area (Å²) in [6, 6.07) is 57.8. The lowest BCUT2D eigenvalue weighted by Gasteiger charge is -2.18. The molecule has 1 aromatic heterocycles. The molecule has 1 heteroatoms. The highest BCUT2D eigenvalue weighted by Crippen LogP contribution is 2.45. The van der Waals surface area contributed by atoms with Crippen LogP contribution in [-0.2, 0) is 0 Å². The molecule has 9 aromatic rings. The molecule has 0 aliphatic carbocycles. The van der Waals surface area contributed by atoms with Gasteiger partial charge >= 0.3 is 0 Å². The number of hydrogen-bond acceptors (Lipinski definition) is 1. The summed E-state index contributed by atoms with van der Waals surface area (Å²) >= 11 is 1.90. The van der Waals surface area contributed by atoms with Gasteiger partial charge in [0.15, 0.2) is 0 Å². The third-order valence-corrected chi connectivity index (χ3v) is 10.1. The molecule has 200 valence electrons. The van der Waals surface area contributed by atoms with E-state index in [4.69, 9.17) is 0 Å². The van der Waals surface area contributed by atoms with Crippen LogP contribution in [0.25, 0.3) is 85.9 Å². The van der Waals surface area contributed by atoms with Gasteiger partial charge in [-0.1, -0.05) is 152 Å². The summed E-state index contributed by atoms with van der Waals surface area (Å²) in [5.41, 5.74) is 7.63. The highest BCUT2D eigenvalue weighted by molar-refractivity contribution is 7.26. The Balaban J connectivity index is 1.25. The molecule has 0 N–H and O–H groups in total. The lowest BCUT2D eigenvalue weighted by Crippen LogP contribution is -1.90. The summed E-state index contributed by atoms with van der Waals surface area (Å²) in [4.78, 5) is 0. The van der Waals surface area contributed by atoms with Gasteiger partial charge in [0.25, 0.3) is 0 Å². The Labute approximate surface area is 254 Å². The molecular weight excluding hydrogens is 537 g/mol. The number of rotatable bonds is 3. The van der Waals surface area contributed by atoms with E-state index >= 15 is 0 Å². The SMILES string of the molecule is c1ccc(-c2c3ccccc3c(-c3ccc(-c4cccc5sc6c7ccccc7ccc6c45)cc3)c3ccccc23)cc1. The monoisotopic (exact) mass is 562 g/mol. The van der Waals surface area contributed by atoms with E-state index in [2.05, 4.69) is 158 Å². The Bertz CT molecular complexity index is 2420. The first kappa shape index (κ1) is 24.4. The average molecular weight is 563 g/mol. The van der Waals surface area contributed by atoms with Crippen LogP contribution in [0.5, 0.6) is 0 Å². The number of thiophene rings is 1. The van der Waals surface area contributed by atoms with Crippen molar-refractivity contribution in [3.63, 3.8) is 0 Å². The van der Waals surface area contributed by atoms with Crippen molar-refractivity contribution in [2.24, 2.45) is 0 Å². The van der Waals surface area contributed by atoms with Crippen molar-refractivity contribution in [1.29, 1.82) is 0 Å². The van der Waals surface area contributed by atoms with Gasteiger partial charge in [0.1, 0.15) is 0 Å². The van der Waals surface area contributed by atoms with E-state index in [0.29, 0.717) is 0 Å². The van der Waals surface area contributed by atoms with Crippen LogP contribution in [0.1, 0.15) is 0 Å². The number of fused-ring (bicyclic) bond motifs is 7. The summed E-state index contributed by atoms with van der Waals surface area (Å²) in [6.07, 6.45) is 0. The fourth-order valence-electron chi connectivity index (χ4n) is 6.97. The molecule has 9 rings (SSSR count). The number of hydrogen-bond donors (Lipinski definition) is 0. The van der Waals surface area contributed by atoms with Crippen molar-refractivity contribution >= 4 is 63.8 Å². The van der Waals surface area contributed by atoms with Crippen LogP contribution in [0, 0.1) is 0 Å². The fourth-order valence-corrected chi connectivity index (χ4v) is 8.23. The number of benzene rings is 8. The summed E-state index contributed by atoms with van der Waals surface area (Å²) in [7, 11) is 0. The van der Waals surface area contributed by atoms with Crippen molar-refractivity contribution in [2.75, 3.05) is 0 Å². The molecule has 0 nitrogen and oxygen atoms in total. The van der Waals surface area contributed by atoms with Gasteiger partial charge in [-0.3, -0.25) is 0 Å². The topological polar surface area (TPSA) is 0 Å². The smallest absolute Gasteiger partial charge is 0.0434 e. The maximum Gasteiger partial charge on any atom is 0.0434 e. The normalized spacial score (nSPS) is 11.7. The molecule has 0 atom stereocenters. The van der Waals surface area contributed by atoms with Crippen LogP contribution in [0.2, 0.25) is 0 Å². The summed E-state index contributed by atoms with van der Waals surface area (Å²) in [5.74, 6) is 0. The predicted octanol–water partition coefficient (Wildman–Crippen LogP) is 12.5. The summed E-state index contributed by atoms with van der Waals surface area (Å²) in [5, 5.41) is 10.5. The van der Waals surface area contributed by atoms with Crippen molar-refractivity contribution in [1.82, 2.24) is 0 Å². The van der Waals surface area contributed by atoms with Crippen LogP contribution in [-0.4, -0.2) is 0 Å². The van der Waals surface area contributed by atoms with Gasteiger partial charge in [-0.15, -0.1) is 11.3 Å². The molecule has 0 saturated carbocycles. The zero-order valence-corrected chi connectivity index (χ0v) is 24.2. The minimum absolute atomic E-state index is 1.24. The summed E-state index contributed by atoms with van der Waals surface area (Å²) in [6.45, 7) is 0. The van der Waals surface area contributed by atoms with E-state index in [0.717, 1.165) is 0 Å². The third-order valence-electron chi connectivity index (χ3n) is 8.87. The molecular formula is C42H26S. The van der Waals surface area contributed by atoms with E-state index in [1.165, 1.54) is 85.9 Å². The maximum atomic E-state index is 2.31. The minimum Gasteiger partial charge on any atom is -0.135 e. The van der Waals surface area contributed by atoms with Gasteiger partial charge < -0.3 is 0 Å². The van der Waals surface area contributed by atoms with Gasteiger partial charge in [-0.05, 0) is 71.8 Å². The lowest BCUT2D eigenvalue weighted by atomic mass is 9.85. The van der Waals surface area contributed by atoms with Gasteiger partial charge in [0.2, 0.25) is 0 Å².